The zero-order valence-corrected chi connectivity index (χ0v) is 12.2. The van der Waals surface area contributed by atoms with Gasteiger partial charge in [-0.05, 0) is 26.0 Å². The van der Waals surface area contributed by atoms with Crippen LogP contribution >= 0.6 is 11.3 Å². The third kappa shape index (κ3) is 3.03. The van der Waals surface area contributed by atoms with Gasteiger partial charge in [0.15, 0.2) is 0 Å². The zero-order valence-electron chi connectivity index (χ0n) is 11.4. The highest BCUT2D eigenvalue weighted by atomic mass is 32.1. The summed E-state index contributed by atoms with van der Waals surface area (Å²) in [4.78, 5) is 27.9. The van der Waals surface area contributed by atoms with Crippen molar-refractivity contribution in [2.24, 2.45) is 0 Å². The van der Waals surface area contributed by atoms with E-state index in [1.54, 1.807) is 17.5 Å². The van der Waals surface area contributed by atoms with Crippen molar-refractivity contribution in [1.29, 1.82) is 0 Å². The molecule has 0 fully saturated rings. The maximum atomic E-state index is 12.1. The number of aryl methyl sites for hydroxylation is 2. The van der Waals surface area contributed by atoms with Crippen molar-refractivity contribution in [3.05, 3.63) is 45.4 Å². The molecule has 2 aromatic rings. The number of benzene rings is 1. The molecule has 20 heavy (non-hydrogen) atoms. The van der Waals surface area contributed by atoms with Crippen molar-refractivity contribution < 1.29 is 14.3 Å². The Morgan fingerprint density at radius 2 is 2.05 bits per heavy atom. The van der Waals surface area contributed by atoms with Crippen LogP contribution in [0.2, 0.25) is 0 Å². The molecule has 0 saturated heterocycles. The van der Waals surface area contributed by atoms with Crippen LogP contribution in [0.1, 0.15) is 31.4 Å². The van der Waals surface area contributed by atoms with Crippen molar-refractivity contribution in [3.63, 3.8) is 0 Å². The summed E-state index contributed by atoms with van der Waals surface area (Å²) in [5, 5.41) is 5.18. The Hall–Kier alpha value is -2.21. The van der Waals surface area contributed by atoms with Crippen LogP contribution in [0, 0.1) is 13.8 Å². The molecule has 0 radical (unpaired) electrons. The molecule has 104 valence electrons. The van der Waals surface area contributed by atoms with Gasteiger partial charge in [0.2, 0.25) is 0 Å². The molecular formula is C14H14N2O3S. The quantitative estimate of drug-likeness (QED) is 0.883. The summed E-state index contributed by atoms with van der Waals surface area (Å²) in [5.74, 6) is -0.832. The molecule has 1 aromatic carbocycles. The summed E-state index contributed by atoms with van der Waals surface area (Å²) in [7, 11) is 1.31. The van der Waals surface area contributed by atoms with E-state index in [9.17, 15) is 9.59 Å². The number of anilines is 1. The fourth-order valence-corrected chi connectivity index (χ4v) is 2.29. The summed E-state index contributed by atoms with van der Waals surface area (Å²) in [5.41, 5.74) is 1.99. The van der Waals surface area contributed by atoms with Crippen molar-refractivity contribution in [2.45, 2.75) is 13.8 Å². The molecule has 1 aromatic heterocycles. The Bertz CT molecular complexity index is 664. The minimum atomic E-state index is -0.488. The van der Waals surface area contributed by atoms with E-state index in [0.717, 1.165) is 10.6 Å². The average Bonchev–Trinajstić information content (AvgIpc) is 2.86. The number of amides is 1. The molecule has 0 atom stereocenters. The summed E-state index contributed by atoms with van der Waals surface area (Å²) in [6.45, 7) is 3.69. The number of aromatic nitrogens is 1. The Morgan fingerprint density at radius 3 is 2.65 bits per heavy atom. The topological polar surface area (TPSA) is 68.3 Å². The van der Waals surface area contributed by atoms with Crippen LogP contribution in [-0.4, -0.2) is 24.0 Å². The molecule has 2 rings (SSSR count). The zero-order chi connectivity index (χ0) is 14.7. The number of nitrogens with one attached hydrogen (secondary N) is 1. The number of thiazole rings is 1. The van der Waals surface area contributed by atoms with Gasteiger partial charge in [-0.2, -0.15) is 0 Å². The number of esters is 1. The van der Waals surface area contributed by atoms with Crippen molar-refractivity contribution in [1.82, 2.24) is 4.98 Å². The fraction of sp³-hybridized carbons (Fsp3) is 0.214. The lowest BCUT2D eigenvalue weighted by Crippen LogP contribution is -2.16. The monoisotopic (exact) mass is 290 g/mol. The first-order chi connectivity index (χ1) is 9.51. The molecule has 1 N–H and O–H groups in total. The van der Waals surface area contributed by atoms with E-state index in [4.69, 9.17) is 4.74 Å². The largest absolute Gasteiger partial charge is 0.465 e. The highest BCUT2D eigenvalue weighted by Crippen LogP contribution is 2.19. The molecule has 0 bridgehead atoms. The number of hydrogen-bond donors (Lipinski definition) is 1. The van der Waals surface area contributed by atoms with Crippen molar-refractivity contribution in [2.75, 3.05) is 12.4 Å². The van der Waals surface area contributed by atoms with E-state index in [-0.39, 0.29) is 5.91 Å². The number of hydrogen-bond acceptors (Lipinski definition) is 5. The van der Waals surface area contributed by atoms with Crippen molar-refractivity contribution >= 4 is 28.9 Å². The van der Waals surface area contributed by atoms with Crippen LogP contribution in [0.25, 0.3) is 0 Å². The second-order valence-electron chi connectivity index (χ2n) is 4.25. The van der Waals surface area contributed by atoms with Crippen LogP contribution in [0.5, 0.6) is 0 Å². The van der Waals surface area contributed by atoms with E-state index in [1.807, 2.05) is 19.9 Å². The molecule has 0 unspecified atom stereocenters. The number of carbonyl (C=O) groups is 2. The first-order valence-electron chi connectivity index (χ1n) is 5.93. The highest BCUT2D eigenvalue weighted by molar-refractivity contribution is 7.09. The van der Waals surface area contributed by atoms with Gasteiger partial charge >= 0.3 is 5.97 Å². The van der Waals surface area contributed by atoms with E-state index < -0.39 is 5.97 Å². The predicted octanol–water partition coefficient (Wildman–Crippen LogP) is 2.80. The van der Waals surface area contributed by atoms with Gasteiger partial charge in [0.25, 0.3) is 5.91 Å². The van der Waals surface area contributed by atoms with Crippen LogP contribution < -0.4 is 5.32 Å². The second-order valence-corrected chi connectivity index (χ2v) is 5.31. The molecular weight excluding hydrogens is 276 g/mol. The number of nitrogens with zero attached hydrogens (tertiary/aromatic N) is 1. The van der Waals surface area contributed by atoms with Gasteiger partial charge in [-0.3, -0.25) is 4.79 Å². The Labute approximate surface area is 120 Å². The van der Waals surface area contributed by atoms with E-state index in [0.29, 0.717) is 16.9 Å². The van der Waals surface area contributed by atoms with Gasteiger partial charge in [0, 0.05) is 5.38 Å². The minimum Gasteiger partial charge on any atom is -0.465 e. The first kappa shape index (κ1) is 14.2. The van der Waals surface area contributed by atoms with E-state index in [2.05, 4.69) is 10.3 Å². The number of methoxy groups -OCH3 is 1. The predicted molar refractivity (Wildman–Crippen MR) is 77.3 cm³/mol. The van der Waals surface area contributed by atoms with Gasteiger partial charge in [-0.25, -0.2) is 9.78 Å². The Balaban J connectivity index is 2.29. The summed E-state index contributed by atoms with van der Waals surface area (Å²) in [6.07, 6.45) is 0. The molecule has 0 aliphatic carbocycles. The summed E-state index contributed by atoms with van der Waals surface area (Å²) >= 11 is 1.40. The third-order valence-corrected chi connectivity index (χ3v) is 3.45. The minimum absolute atomic E-state index is 0.327. The standard InChI is InChI=1S/C14H14N2O3S/c1-8-4-5-11(10(6-8)14(18)19-3)16-13(17)12-7-20-9(2)15-12/h4-7H,1-3H3,(H,16,17). The summed E-state index contributed by atoms with van der Waals surface area (Å²) in [6, 6.07) is 5.17. The van der Waals surface area contributed by atoms with Crippen LogP contribution in [0.3, 0.4) is 0 Å². The Kier molecular flexibility index (Phi) is 4.14. The van der Waals surface area contributed by atoms with Crippen LogP contribution in [0.4, 0.5) is 5.69 Å². The molecule has 0 aliphatic heterocycles. The number of carbonyl (C=O) groups excluding carboxylic acids is 2. The maximum Gasteiger partial charge on any atom is 0.339 e. The lowest BCUT2D eigenvalue weighted by Gasteiger charge is -2.09. The van der Waals surface area contributed by atoms with E-state index in [1.165, 1.54) is 18.4 Å². The fourth-order valence-electron chi connectivity index (χ4n) is 1.70. The molecule has 0 spiro atoms. The van der Waals surface area contributed by atoms with E-state index >= 15 is 0 Å². The summed E-state index contributed by atoms with van der Waals surface area (Å²) < 4.78 is 4.72. The van der Waals surface area contributed by atoms with Gasteiger partial charge in [0.05, 0.1) is 23.4 Å². The van der Waals surface area contributed by atoms with Gasteiger partial charge < -0.3 is 10.1 Å². The smallest absolute Gasteiger partial charge is 0.339 e. The molecule has 5 nitrogen and oxygen atoms in total. The second kappa shape index (κ2) is 5.83. The first-order valence-corrected chi connectivity index (χ1v) is 6.81. The highest BCUT2D eigenvalue weighted by Gasteiger charge is 2.16. The number of ether oxygens (including phenoxy) is 1. The molecule has 1 heterocycles. The normalized spacial score (nSPS) is 10.2. The SMILES string of the molecule is COC(=O)c1cc(C)ccc1NC(=O)c1csc(C)n1. The lowest BCUT2D eigenvalue weighted by atomic mass is 10.1. The molecule has 6 heteroatoms. The van der Waals surface area contributed by atoms with Crippen LogP contribution in [-0.2, 0) is 4.74 Å². The lowest BCUT2D eigenvalue weighted by molar-refractivity contribution is 0.0602. The van der Waals surface area contributed by atoms with Crippen molar-refractivity contribution in [3.8, 4) is 0 Å². The molecule has 0 saturated carbocycles. The Morgan fingerprint density at radius 1 is 1.30 bits per heavy atom. The molecule has 0 aliphatic rings. The van der Waals surface area contributed by atoms with Crippen LogP contribution in [0.15, 0.2) is 23.6 Å². The van der Waals surface area contributed by atoms with Gasteiger partial charge in [0.1, 0.15) is 5.69 Å². The third-order valence-electron chi connectivity index (χ3n) is 2.68. The molecule has 1 amide bonds. The van der Waals surface area contributed by atoms with Gasteiger partial charge in [-0.15, -0.1) is 11.3 Å². The number of rotatable bonds is 3. The maximum absolute atomic E-state index is 12.1. The average molecular weight is 290 g/mol. The van der Waals surface area contributed by atoms with Gasteiger partial charge in [-0.1, -0.05) is 11.6 Å².